The van der Waals surface area contributed by atoms with E-state index in [1.54, 1.807) is 12.4 Å². The van der Waals surface area contributed by atoms with E-state index in [2.05, 4.69) is 58.8 Å². The van der Waals surface area contributed by atoms with Crippen LogP contribution in [0.25, 0.3) is 22.8 Å². The molecule has 0 bridgehead atoms. The largest absolute Gasteiger partial charge is 0.478 e. The third-order valence-electron chi connectivity index (χ3n) is 5.35. The Morgan fingerprint density at radius 2 is 1.71 bits per heavy atom. The van der Waals surface area contributed by atoms with Gasteiger partial charge in [-0.25, -0.2) is 4.98 Å². The van der Waals surface area contributed by atoms with Gasteiger partial charge in [0.1, 0.15) is 0 Å². The average Bonchev–Trinajstić information content (AvgIpc) is 2.79. The number of hydrogen-bond donors (Lipinski definition) is 0. The van der Waals surface area contributed by atoms with Gasteiger partial charge in [0, 0.05) is 46.8 Å². The van der Waals surface area contributed by atoms with E-state index in [-0.39, 0.29) is 0 Å². The van der Waals surface area contributed by atoms with E-state index in [1.807, 2.05) is 37.3 Å². The molecule has 0 atom stereocenters. The molecule has 1 aliphatic rings. The molecule has 4 aromatic rings. The van der Waals surface area contributed by atoms with E-state index in [9.17, 15) is 0 Å². The molecule has 1 aliphatic heterocycles. The Morgan fingerprint density at radius 1 is 0.935 bits per heavy atom. The number of hydrogen-bond acceptors (Lipinski definition) is 5. The summed E-state index contributed by atoms with van der Waals surface area (Å²) in [5.41, 5.74) is 6.78. The molecule has 152 valence electrons. The number of ether oxygens (including phenoxy) is 1. The van der Waals surface area contributed by atoms with Gasteiger partial charge in [-0.15, -0.1) is 0 Å². The topological polar surface area (TPSA) is 51.1 Å². The van der Waals surface area contributed by atoms with Crippen LogP contribution in [0, 0.1) is 6.92 Å². The smallest absolute Gasteiger partial charge is 0.213 e. The lowest BCUT2D eigenvalue weighted by Crippen LogP contribution is -2.40. The highest BCUT2D eigenvalue weighted by atomic mass is 16.5. The predicted octanol–water partition coefficient (Wildman–Crippen LogP) is 3.70. The molecule has 2 aromatic carbocycles. The molecule has 3 heterocycles. The molecule has 5 rings (SSSR count). The minimum atomic E-state index is 0.570. The number of rotatable bonds is 4. The first-order chi connectivity index (χ1) is 15.1. The van der Waals surface area contributed by atoms with Crippen LogP contribution >= 0.6 is 0 Å². The Morgan fingerprint density at radius 3 is 2.48 bits per heavy atom. The third-order valence-corrected chi connectivity index (χ3v) is 5.35. The van der Waals surface area contributed by atoms with Gasteiger partial charge in [0.2, 0.25) is 5.88 Å². The number of benzene rings is 2. The molecule has 5 heteroatoms. The van der Waals surface area contributed by atoms with Gasteiger partial charge in [0.05, 0.1) is 23.0 Å². The Hall–Kier alpha value is -3.99. The number of fused-ring (bicyclic) bond motifs is 2. The minimum Gasteiger partial charge on any atom is -0.478 e. The highest BCUT2D eigenvalue weighted by Gasteiger charge is 2.21. The highest BCUT2D eigenvalue weighted by Crippen LogP contribution is 2.30. The maximum absolute atomic E-state index is 5.67. The number of nitrogens with zero attached hydrogens (tertiary/aromatic N) is 4. The van der Waals surface area contributed by atoms with Gasteiger partial charge in [0.15, 0.2) is 0 Å². The standard InChI is InChI=1S/C26H22N4O/c1-4-31-24-12-9-20-16-30(21-10-11-22-23(15-21)28-14-13-27-22)18(3)25(26(20)29-24)19-7-5-17(2)6-8-19/h5-16H,3-4H2,1-2H3. The van der Waals surface area contributed by atoms with Crippen molar-refractivity contribution in [1.29, 1.82) is 0 Å². The summed E-state index contributed by atoms with van der Waals surface area (Å²) in [6, 6.07) is 18.4. The second kappa shape index (κ2) is 7.69. The van der Waals surface area contributed by atoms with Crippen LogP contribution in [0.3, 0.4) is 0 Å². The van der Waals surface area contributed by atoms with Crippen LogP contribution < -0.4 is 20.2 Å². The molecule has 0 N–H and O–H groups in total. The molecular formula is C26H22N4O. The fourth-order valence-electron chi connectivity index (χ4n) is 3.81. The van der Waals surface area contributed by atoms with Crippen molar-refractivity contribution in [2.45, 2.75) is 13.8 Å². The molecule has 0 amide bonds. The van der Waals surface area contributed by atoms with Gasteiger partial charge >= 0.3 is 0 Å². The van der Waals surface area contributed by atoms with Crippen LogP contribution in [0.2, 0.25) is 0 Å². The van der Waals surface area contributed by atoms with Crippen molar-refractivity contribution < 1.29 is 4.74 Å². The van der Waals surface area contributed by atoms with Crippen molar-refractivity contribution in [1.82, 2.24) is 15.0 Å². The second-order valence-corrected chi connectivity index (χ2v) is 7.44. The fourth-order valence-corrected chi connectivity index (χ4v) is 3.81. The molecule has 0 radical (unpaired) electrons. The molecule has 0 fully saturated rings. The Balaban J connectivity index is 1.73. The van der Waals surface area contributed by atoms with Crippen LogP contribution in [-0.4, -0.2) is 21.6 Å². The van der Waals surface area contributed by atoms with Crippen LogP contribution in [0.5, 0.6) is 5.88 Å². The Labute approximate surface area is 180 Å². The van der Waals surface area contributed by atoms with Crippen molar-refractivity contribution in [2.24, 2.45) is 0 Å². The van der Waals surface area contributed by atoms with E-state index in [1.165, 1.54) is 5.56 Å². The molecular weight excluding hydrogens is 384 g/mol. The second-order valence-electron chi connectivity index (χ2n) is 7.44. The molecule has 0 unspecified atom stereocenters. The molecule has 2 aromatic heterocycles. The van der Waals surface area contributed by atoms with Crippen LogP contribution in [0.1, 0.15) is 18.1 Å². The lowest BCUT2D eigenvalue weighted by atomic mass is 9.97. The van der Waals surface area contributed by atoms with Gasteiger partial charge < -0.3 is 9.64 Å². The first-order valence-corrected chi connectivity index (χ1v) is 10.3. The summed E-state index contributed by atoms with van der Waals surface area (Å²) in [7, 11) is 0. The first kappa shape index (κ1) is 19.0. The summed E-state index contributed by atoms with van der Waals surface area (Å²) in [4.78, 5) is 15.7. The predicted molar refractivity (Wildman–Crippen MR) is 124 cm³/mol. The van der Waals surface area contributed by atoms with Crippen molar-refractivity contribution in [3.8, 4) is 5.88 Å². The van der Waals surface area contributed by atoms with Crippen molar-refractivity contribution in [2.75, 3.05) is 11.5 Å². The van der Waals surface area contributed by atoms with Crippen molar-refractivity contribution in [3.63, 3.8) is 0 Å². The van der Waals surface area contributed by atoms with E-state index >= 15 is 0 Å². The maximum atomic E-state index is 5.67. The van der Waals surface area contributed by atoms with E-state index < -0.39 is 0 Å². The van der Waals surface area contributed by atoms with E-state index in [4.69, 9.17) is 9.72 Å². The molecule has 31 heavy (non-hydrogen) atoms. The fraction of sp³-hybridized carbons (Fsp3) is 0.115. The van der Waals surface area contributed by atoms with Gasteiger partial charge in [0.25, 0.3) is 0 Å². The number of allylic oxidation sites excluding steroid dienone is 1. The number of aryl methyl sites for hydroxylation is 1. The van der Waals surface area contributed by atoms with Gasteiger partial charge in [-0.05, 0) is 43.7 Å². The first-order valence-electron chi connectivity index (χ1n) is 10.3. The maximum Gasteiger partial charge on any atom is 0.213 e. The summed E-state index contributed by atoms with van der Waals surface area (Å²) < 4.78 is 5.67. The molecule has 0 saturated heterocycles. The minimum absolute atomic E-state index is 0.570. The molecule has 0 aliphatic carbocycles. The van der Waals surface area contributed by atoms with Crippen LogP contribution in [-0.2, 0) is 0 Å². The monoisotopic (exact) mass is 406 g/mol. The zero-order valence-electron chi connectivity index (χ0n) is 17.5. The van der Waals surface area contributed by atoms with E-state index in [0.29, 0.717) is 12.5 Å². The Kier molecular flexibility index (Phi) is 4.71. The van der Waals surface area contributed by atoms with Gasteiger partial charge in [-0.2, -0.15) is 0 Å². The number of aromatic nitrogens is 3. The SMILES string of the molecule is C=C1C(c2ccc(C)cc2)=c2nc(OCC)ccc2=CN1c1ccc2nccnc2c1. The average molecular weight is 406 g/mol. The van der Waals surface area contributed by atoms with Gasteiger partial charge in [-0.3, -0.25) is 9.97 Å². The third kappa shape index (κ3) is 3.44. The summed E-state index contributed by atoms with van der Waals surface area (Å²) in [5.74, 6) is 0.612. The van der Waals surface area contributed by atoms with Crippen molar-refractivity contribution >= 4 is 28.5 Å². The lowest BCUT2D eigenvalue weighted by molar-refractivity contribution is 0.326. The summed E-state index contributed by atoms with van der Waals surface area (Å²) in [5, 5.41) is 1.88. The van der Waals surface area contributed by atoms with Gasteiger partial charge in [-0.1, -0.05) is 36.4 Å². The molecule has 0 saturated carbocycles. The van der Waals surface area contributed by atoms with Crippen LogP contribution in [0.4, 0.5) is 5.69 Å². The summed E-state index contributed by atoms with van der Waals surface area (Å²) >= 11 is 0. The van der Waals surface area contributed by atoms with E-state index in [0.717, 1.165) is 44.1 Å². The molecule has 0 spiro atoms. The molecule has 5 nitrogen and oxygen atoms in total. The quantitative estimate of drug-likeness (QED) is 0.517. The Bertz CT molecular complexity index is 1420. The highest BCUT2D eigenvalue weighted by molar-refractivity contribution is 5.90. The number of anilines is 1. The summed E-state index contributed by atoms with van der Waals surface area (Å²) in [6.45, 7) is 9.06. The zero-order chi connectivity index (χ0) is 21.4. The van der Waals surface area contributed by atoms with Crippen molar-refractivity contribution in [3.05, 3.63) is 101 Å². The number of pyridine rings is 1. The zero-order valence-corrected chi connectivity index (χ0v) is 17.5. The lowest BCUT2D eigenvalue weighted by Gasteiger charge is -2.28. The van der Waals surface area contributed by atoms with Crippen LogP contribution in [0.15, 0.2) is 79.3 Å². The normalized spacial score (nSPS) is 13.2. The summed E-state index contributed by atoms with van der Waals surface area (Å²) in [6.07, 6.45) is 5.48.